The van der Waals surface area contributed by atoms with E-state index >= 15 is 0 Å². The molecule has 0 bridgehead atoms. The predicted octanol–water partition coefficient (Wildman–Crippen LogP) is 2.73. The average molecular weight is 353 g/mol. The van der Waals surface area contributed by atoms with Gasteiger partial charge in [0, 0.05) is 11.8 Å². The quantitative estimate of drug-likeness (QED) is 0.707. The summed E-state index contributed by atoms with van der Waals surface area (Å²) in [5.41, 5.74) is 1.98. The molecule has 0 spiro atoms. The van der Waals surface area contributed by atoms with E-state index in [1.54, 1.807) is 43.6 Å². The lowest BCUT2D eigenvalue weighted by Crippen LogP contribution is -2.24. The zero-order valence-corrected chi connectivity index (χ0v) is 14.5. The summed E-state index contributed by atoms with van der Waals surface area (Å²) in [6.07, 6.45) is 0.690. The van der Waals surface area contributed by atoms with Crippen molar-refractivity contribution >= 4 is 5.91 Å². The molecule has 0 saturated carbocycles. The number of aliphatic hydroxyl groups excluding tert-OH is 1. The van der Waals surface area contributed by atoms with E-state index in [0.717, 1.165) is 5.69 Å². The number of rotatable bonds is 6. The standard InChI is InChI=1S/C19H19N3O4/c1-12(23)18-16(19(24)21-11-14-5-3-4-10-20-14)17(22-26-18)13-6-8-15(25-2)9-7-13/h3-10,12,23H,11H2,1-2H3,(H,21,24)/t12-/m0/s1. The van der Waals surface area contributed by atoms with Crippen molar-refractivity contribution in [3.8, 4) is 17.0 Å². The molecule has 2 aromatic heterocycles. The largest absolute Gasteiger partial charge is 0.497 e. The van der Waals surface area contributed by atoms with E-state index in [1.165, 1.54) is 6.92 Å². The number of nitrogens with zero attached hydrogens (tertiary/aromatic N) is 2. The molecule has 7 nitrogen and oxygen atoms in total. The molecular weight excluding hydrogens is 334 g/mol. The van der Waals surface area contributed by atoms with Crippen LogP contribution in [0.4, 0.5) is 0 Å². The van der Waals surface area contributed by atoms with Gasteiger partial charge in [0.15, 0.2) is 5.76 Å². The minimum atomic E-state index is -0.968. The van der Waals surface area contributed by atoms with Gasteiger partial charge in [0.2, 0.25) is 0 Å². The highest BCUT2D eigenvalue weighted by Gasteiger charge is 2.26. The number of hydrogen-bond acceptors (Lipinski definition) is 6. The summed E-state index contributed by atoms with van der Waals surface area (Å²) < 4.78 is 10.4. The molecular formula is C19H19N3O4. The zero-order chi connectivity index (χ0) is 18.5. The fourth-order valence-electron chi connectivity index (χ4n) is 2.52. The van der Waals surface area contributed by atoms with Crippen LogP contribution in [-0.4, -0.2) is 28.3 Å². The van der Waals surface area contributed by atoms with Crippen LogP contribution in [0.1, 0.15) is 34.8 Å². The summed E-state index contributed by atoms with van der Waals surface area (Å²) in [7, 11) is 1.58. The molecule has 0 aliphatic heterocycles. The molecule has 2 N–H and O–H groups in total. The number of pyridine rings is 1. The van der Waals surface area contributed by atoms with Crippen LogP contribution in [0.3, 0.4) is 0 Å². The summed E-state index contributed by atoms with van der Waals surface area (Å²) in [6, 6.07) is 12.5. The molecule has 2 heterocycles. The van der Waals surface area contributed by atoms with Gasteiger partial charge >= 0.3 is 0 Å². The summed E-state index contributed by atoms with van der Waals surface area (Å²) >= 11 is 0. The average Bonchev–Trinajstić information content (AvgIpc) is 3.12. The van der Waals surface area contributed by atoms with Gasteiger partial charge in [0.25, 0.3) is 5.91 Å². The summed E-state index contributed by atoms with van der Waals surface area (Å²) in [5, 5.41) is 16.7. The molecule has 7 heteroatoms. The molecule has 1 aromatic carbocycles. The van der Waals surface area contributed by atoms with Crippen molar-refractivity contribution in [3.05, 3.63) is 65.7 Å². The molecule has 0 unspecified atom stereocenters. The first-order chi connectivity index (χ1) is 12.6. The van der Waals surface area contributed by atoms with Crippen LogP contribution >= 0.6 is 0 Å². The van der Waals surface area contributed by atoms with E-state index in [2.05, 4.69) is 15.5 Å². The van der Waals surface area contributed by atoms with Gasteiger partial charge in [-0.05, 0) is 43.3 Å². The Hall–Kier alpha value is -3.19. The van der Waals surface area contributed by atoms with Crippen LogP contribution in [0.2, 0.25) is 0 Å². The van der Waals surface area contributed by atoms with Crippen LogP contribution in [0.15, 0.2) is 53.2 Å². The van der Waals surface area contributed by atoms with Gasteiger partial charge in [-0.3, -0.25) is 9.78 Å². The molecule has 0 saturated heterocycles. The molecule has 0 fully saturated rings. The second kappa shape index (κ2) is 7.79. The van der Waals surface area contributed by atoms with Gasteiger partial charge in [-0.25, -0.2) is 0 Å². The number of methoxy groups -OCH3 is 1. The Bertz CT molecular complexity index is 874. The van der Waals surface area contributed by atoms with Crippen molar-refractivity contribution in [2.45, 2.75) is 19.6 Å². The summed E-state index contributed by atoms with van der Waals surface area (Å²) in [5.74, 6) is 0.419. The number of hydrogen-bond donors (Lipinski definition) is 2. The van der Waals surface area contributed by atoms with Crippen molar-refractivity contribution in [1.29, 1.82) is 0 Å². The molecule has 0 aliphatic rings. The van der Waals surface area contributed by atoms with Gasteiger partial charge in [-0.15, -0.1) is 0 Å². The molecule has 26 heavy (non-hydrogen) atoms. The topological polar surface area (TPSA) is 97.5 Å². The van der Waals surface area contributed by atoms with Gasteiger partial charge in [-0.2, -0.15) is 0 Å². The summed E-state index contributed by atoms with van der Waals surface area (Å²) in [4.78, 5) is 16.9. The van der Waals surface area contributed by atoms with Gasteiger partial charge in [-0.1, -0.05) is 11.2 Å². The normalized spacial score (nSPS) is 11.8. The highest BCUT2D eigenvalue weighted by atomic mass is 16.5. The van der Waals surface area contributed by atoms with E-state index < -0.39 is 12.0 Å². The lowest BCUT2D eigenvalue weighted by Gasteiger charge is -2.08. The number of benzene rings is 1. The van der Waals surface area contributed by atoms with Crippen LogP contribution in [0.5, 0.6) is 5.75 Å². The first-order valence-electron chi connectivity index (χ1n) is 8.10. The number of carbonyl (C=O) groups is 1. The van der Waals surface area contributed by atoms with Gasteiger partial charge in [0.05, 0.1) is 19.3 Å². The number of aliphatic hydroxyl groups is 1. The van der Waals surface area contributed by atoms with Crippen LogP contribution in [-0.2, 0) is 6.54 Å². The van der Waals surface area contributed by atoms with Crippen molar-refractivity contribution in [2.24, 2.45) is 0 Å². The van der Waals surface area contributed by atoms with Crippen molar-refractivity contribution < 1.29 is 19.2 Å². The van der Waals surface area contributed by atoms with E-state index in [4.69, 9.17) is 9.26 Å². The molecule has 0 radical (unpaired) electrons. The van der Waals surface area contributed by atoms with E-state index in [1.807, 2.05) is 12.1 Å². The second-order valence-electron chi connectivity index (χ2n) is 5.68. The fourth-order valence-corrected chi connectivity index (χ4v) is 2.52. The lowest BCUT2D eigenvalue weighted by molar-refractivity contribution is 0.0937. The summed E-state index contributed by atoms with van der Waals surface area (Å²) in [6.45, 7) is 1.78. The third kappa shape index (κ3) is 3.73. The Morgan fingerprint density at radius 1 is 1.27 bits per heavy atom. The van der Waals surface area contributed by atoms with Crippen LogP contribution in [0, 0.1) is 0 Å². The minimum Gasteiger partial charge on any atom is -0.497 e. The smallest absolute Gasteiger partial charge is 0.257 e. The number of ether oxygens (including phenoxy) is 1. The Labute approximate surface area is 150 Å². The third-order valence-electron chi connectivity index (χ3n) is 3.84. The molecule has 3 rings (SSSR count). The molecule has 3 aromatic rings. The molecule has 134 valence electrons. The molecule has 1 atom stereocenters. The minimum absolute atomic E-state index is 0.120. The maximum Gasteiger partial charge on any atom is 0.257 e. The monoisotopic (exact) mass is 353 g/mol. The molecule has 1 amide bonds. The number of carbonyl (C=O) groups excluding carboxylic acids is 1. The van der Waals surface area contributed by atoms with E-state index in [-0.39, 0.29) is 17.9 Å². The Kier molecular flexibility index (Phi) is 5.28. The SMILES string of the molecule is COc1ccc(-c2noc([C@H](C)O)c2C(=O)NCc2ccccn2)cc1. The van der Waals surface area contributed by atoms with Gasteiger partial charge < -0.3 is 19.7 Å². The maximum atomic E-state index is 12.7. The fraction of sp³-hybridized carbons (Fsp3) is 0.211. The maximum absolute atomic E-state index is 12.7. The Morgan fingerprint density at radius 3 is 2.65 bits per heavy atom. The number of amides is 1. The van der Waals surface area contributed by atoms with Crippen LogP contribution in [0.25, 0.3) is 11.3 Å². The highest BCUT2D eigenvalue weighted by Crippen LogP contribution is 2.30. The van der Waals surface area contributed by atoms with Crippen molar-refractivity contribution in [1.82, 2.24) is 15.5 Å². The highest BCUT2D eigenvalue weighted by molar-refractivity contribution is 6.00. The Morgan fingerprint density at radius 2 is 2.04 bits per heavy atom. The Balaban J connectivity index is 1.90. The molecule has 0 aliphatic carbocycles. The van der Waals surface area contributed by atoms with Gasteiger partial charge in [0.1, 0.15) is 23.1 Å². The lowest BCUT2D eigenvalue weighted by atomic mass is 10.0. The third-order valence-corrected chi connectivity index (χ3v) is 3.84. The predicted molar refractivity (Wildman–Crippen MR) is 94.5 cm³/mol. The number of nitrogens with one attached hydrogen (secondary N) is 1. The first-order valence-corrected chi connectivity index (χ1v) is 8.10. The van der Waals surface area contributed by atoms with E-state index in [0.29, 0.717) is 17.0 Å². The number of aromatic nitrogens is 2. The zero-order valence-electron chi connectivity index (χ0n) is 14.5. The van der Waals surface area contributed by atoms with Crippen LogP contribution < -0.4 is 10.1 Å². The first kappa shape index (κ1) is 17.6. The van der Waals surface area contributed by atoms with E-state index in [9.17, 15) is 9.90 Å². The van der Waals surface area contributed by atoms with Crippen molar-refractivity contribution in [2.75, 3.05) is 7.11 Å². The van der Waals surface area contributed by atoms with Crippen molar-refractivity contribution in [3.63, 3.8) is 0 Å². The second-order valence-corrected chi connectivity index (χ2v) is 5.68.